The Hall–Kier alpha value is -12.0. The lowest BCUT2D eigenvalue weighted by Gasteiger charge is -2.15. The summed E-state index contributed by atoms with van der Waals surface area (Å²) in [5.41, 5.74) is 33.2. The van der Waals surface area contributed by atoms with Gasteiger partial charge >= 0.3 is 0 Å². The molecule has 2 N–H and O–H groups in total. The van der Waals surface area contributed by atoms with Crippen molar-refractivity contribution >= 4 is 44.4 Å². The Labute approximate surface area is 543 Å². The molecule has 5 heterocycles. The number of H-pyrrole nitrogens is 2. The van der Waals surface area contributed by atoms with Gasteiger partial charge in [0.25, 0.3) is 0 Å². The van der Waals surface area contributed by atoms with Gasteiger partial charge in [0, 0.05) is 66.8 Å². The monoisotopic (exact) mass is 1190 g/mol. The first-order valence-electron chi connectivity index (χ1n) is 32.0. The van der Waals surface area contributed by atoms with Crippen LogP contribution in [0.3, 0.4) is 0 Å². The van der Waals surface area contributed by atoms with E-state index in [0.717, 1.165) is 184 Å². The first-order chi connectivity index (χ1) is 45.9. The molecular formula is C89H64N4. The lowest BCUT2D eigenvalue weighted by atomic mass is 9.86. The highest BCUT2D eigenvalue weighted by molar-refractivity contribution is 6.20. The lowest BCUT2D eigenvalue weighted by molar-refractivity contribution is 1.29. The minimum absolute atomic E-state index is 0.821. The van der Waals surface area contributed by atoms with Gasteiger partial charge in [0.1, 0.15) is 0 Å². The number of nitrogens with zero attached hydrogens (tertiary/aromatic N) is 2. The molecule has 0 aliphatic carbocycles. The second-order valence-corrected chi connectivity index (χ2v) is 24.2. The predicted molar refractivity (Wildman–Crippen MR) is 389 cm³/mol. The fraction of sp³-hybridized carbons (Fsp3) is 0.0337. The molecule has 2 aliphatic heterocycles. The number of rotatable bonds is 11. The first kappa shape index (κ1) is 56.3. The van der Waals surface area contributed by atoms with Crippen molar-refractivity contribution in [1.29, 1.82) is 0 Å². The topological polar surface area (TPSA) is 57.4 Å². The van der Waals surface area contributed by atoms with E-state index in [-0.39, 0.29) is 0 Å². The van der Waals surface area contributed by atoms with Crippen LogP contribution in [0.5, 0.6) is 0 Å². The molecule has 0 spiro atoms. The smallest absolute Gasteiger partial charge is 0.0822 e. The number of aromatic nitrogens is 4. The third kappa shape index (κ3) is 10.2. The summed E-state index contributed by atoms with van der Waals surface area (Å²) in [6, 6.07) is 117. The van der Waals surface area contributed by atoms with Crippen LogP contribution in [0.1, 0.15) is 61.7 Å². The van der Waals surface area contributed by atoms with Gasteiger partial charge in [0.15, 0.2) is 0 Å². The molecule has 0 unspecified atom stereocenters. The van der Waals surface area contributed by atoms with Crippen molar-refractivity contribution in [3.8, 4) is 77.9 Å². The minimum Gasteiger partial charge on any atom is -0.354 e. The summed E-state index contributed by atoms with van der Waals surface area (Å²) in [4.78, 5) is 21.5. The molecular weight excluding hydrogens is 1130 g/mol. The maximum atomic E-state index is 6.46. The number of fused-ring (bicyclic) bond motifs is 8. The van der Waals surface area contributed by atoms with E-state index in [9.17, 15) is 0 Å². The first-order valence-corrected chi connectivity index (χ1v) is 32.0. The third-order valence-electron chi connectivity index (χ3n) is 18.2. The molecule has 4 heteroatoms. The second kappa shape index (κ2) is 24.1. The van der Waals surface area contributed by atoms with Crippen LogP contribution in [0, 0.1) is 20.8 Å². The summed E-state index contributed by atoms with van der Waals surface area (Å²) in [5.74, 6) is 0. The molecule has 93 heavy (non-hydrogen) atoms. The number of nitrogens with one attached hydrogen (secondary N) is 2. The van der Waals surface area contributed by atoms with Gasteiger partial charge in [-0.1, -0.05) is 332 Å². The Morgan fingerprint density at radius 2 is 0.441 bits per heavy atom. The lowest BCUT2D eigenvalue weighted by Crippen LogP contribution is -1.95. The van der Waals surface area contributed by atoms with Gasteiger partial charge in [-0.15, -0.1) is 0 Å². The number of aryl methyl sites for hydroxylation is 3. The minimum atomic E-state index is 0.821. The van der Waals surface area contributed by atoms with Crippen LogP contribution in [-0.2, 0) is 0 Å². The predicted octanol–water partition coefficient (Wildman–Crippen LogP) is 22.9. The molecule has 0 radical (unpaired) electrons. The van der Waals surface area contributed by atoms with Gasteiger partial charge in [0.2, 0.25) is 0 Å². The quantitative estimate of drug-likeness (QED) is 0.136. The largest absolute Gasteiger partial charge is 0.354 e. The zero-order valence-electron chi connectivity index (χ0n) is 52.0. The van der Waals surface area contributed by atoms with Crippen molar-refractivity contribution < 1.29 is 0 Å². The van der Waals surface area contributed by atoms with Crippen LogP contribution in [0.25, 0.3) is 122 Å². The zero-order chi connectivity index (χ0) is 62.4. The average Bonchev–Trinajstić information content (AvgIpc) is 1.56. The molecule has 0 atom stereocenters. The molecule has 0 saturated heterocycles. The number of benzene rings is 11. The summed E-state index contributed by atoms with van der Waals surface area (Å²) in [6.07, 6.45) is 0. The van der Waals surface area contributed by atoms with Crippen LogP contribution >= 0.6 is 0 Å². The van der Waals surface area contributed by atoms with Gasteiger partial charge in [-0.25, -0.2) is 9.97 Å². The van der Waals surface area contributed by atoms with Crippen LogP contribution < -0.4 is 0 Å². The van der Waals surface area contributed by atoms with Gasteiger partial charge in [-0.2, -0.15) is 0 Å². The van der Waals surface area contributed by atoms with Crippen LogP contribution in [0.2, 0.25) is 0 Å². The van der Waals surface area contributed by atoms with E-state index < -0.39 is 0 Å². The fourth-order valence-corrected chi connectivity index (χ4v) is 13.9. The standard InChI is InChI=1S/C89H64N4/c1-57-44-50-68(51-45-57)81-84-75(62-32-16-6-17-33-62)73(60-28-12-4-13-29-60)71(90-84)56-72-74(61-30-14-5-15-31-61)76(63-34-18-7-19-35-63)85(91-72)82(69-52-46-58(2)47-53-69)87-78(65-38-22-9-23-39-65)80(67-42-26-11-27-43-67)89(93-87)83(70-54-48-59(3)49-55-70)88-79(66-40-24-10-25-41-66)77(86(81)92-88)64-36-20-8-21-37-64/h4-56,90,93H,1-3H3. The Bertz CT molecular complexity index is 5300. The molecule has 0 saturated carbocycles. The van der Waals surface area contributed by atoms with Crippen molar-refractivity contribution in [3.05, 3.63) is 383 Å². The van der Waals surface area contributed by atoms with E-state index in [2.05, 4.69) is 352 Å². The van der Waals surface area contributed by atoms with E-state index >= 15 is 0 Å². The highest BCUT2D eigenvalue weighted by Crippen LogP contribution is 2.54. The van der Waals surface area contributed by atoms with Crippen LogP contribution in [0.15, 0.2) is 322 Å². The van der Waals surface area contributed by atoms with E-state index in [1.54, 1.807) is 0 Å². The fourth-order valence-electron chi connectivity index (χ4n) is 13.9. The van der Waals surface area contributed by atoms with E-state index in [1.165, 1.54) is 0 Å². The Balaban J connectivity index is 1.29. The summed E-state index contributed by atoms with van der Waals surface area (Å²) >= 11 is 0. The molecule has 0 amide bonds. The highest BCUT2D eigenvalue weighted by Gasteiger charge is 2.35. The Morgan fingerprint density at radius 3 is 0.763 bits per heavy atom. The summed E-state index contributed by atoms with van der Waals surface area (Å²) in [5, 5.41) is 0. The van der Waals surface area contributed by atoms with Gasteiger partial charge in [0.05, 0.1) is 39.3 Å². The normalized spacial score (nSPS) is 12.2. The van der Waals surface area contributed by atoms with Crippen molar-refractivity contribution in [2.75, 3.05) is 0 Å². The van der Waals surface area contributed by atoms with Crippen LogP contribution in [-0.4, -0.2) is 19.9 Å². The number of hydrogen-bond acceptors (Lipinski definition) is 2. The Morgan fingerprint density at radius 1 is 0.204 bits per heavy atom. The molecule has 4 nitrogen and oxygen atoms in total. The summed E-state index contributed by atoms with van der Waals surface area (Å²) in [6.45, 7) is 6.50. The summed E-state index contributed by atoms with van der Waals surface area (Å²) < 4.78 is 0. The maximum absolute atomic E-state index is 6.46. The van der Waals surface area contributed by atoms with Crippen LogP contribution in [0.4, 0.5) is 0 Å². The van der Waals surface area contributed by atoms with Crippen molar-refractivity contribution in [2.24, 2.45) is 0 Å². The highest BCUT2D eigenvalue weighted by atomic mass is 14.8. The van der Waals surface area contributed by atoms with E-state index in [0.29, 0.717) is 0 Å². The van der Waals surface area contributed by atoms with E-state index in [4.69, 9.17) is 9.97 Å². The second-order valence-electron chi connectivity index (χ2n) is 24.2. The maximum Gasteiger partial charge on any atom is 0.0822 e. The SMILES string of the molecule is Cc1ccc(-c2c3nc(c(-c4ccc(C)cc4)c4[nH]c(c(-c5ccc(C)cc5)c5nc(cc6[nH]c2c(-c2ccccc2)c6-c2ccccc2)C(c2ccccc2)=C5c2ccccc2)c(-c2ccccc2)c4-c2ccccc2)C(c2ccccc2)=C3c2ccccc2)cc1. The van der Waals surface area contributed by atoms with Crippen molar-refractivity contribution in [3.63, 3.8) is 0 Å². The molecule has 11 aromatic carbocycles. The number of aromatic amines is 2. The van der Waals surface area contributed by atoms with Gasteiger partial charge < -0.3 is 9.97 Å². The summed E-state index contributed by atoms with van der Waals surface area (Å²) in [7, 11) is 0. The molecule has 8 bridgehead atoms. The van der Waals surface area contributed by atoms with Gasteiger partial charge in [-0.05, 0) is 88.0 Å². The van der Waals surface area contributed by atoms with Crippen molar-refractivity contribution in [1.82, 2.24) is 19.9 Å². The zero-order valence-corrected chi connectivity index (χ0v) is 52.0. The molecule has 440 valence electrons. The third-order valence-corrected chi connectivity index (χ3v) is 18.2. The van der Waals surface area contributed by atoms with E-state index in [1.807, 2.05) is 0 Å². The number of hydrogen-bond donors (Lipinski definition) is 2. The molecule has 14 aromatic rings. The molecule has 2 aliphatic rings. The Kier molecular flexibility index (Phi) is 14.6. The molecule has 16 rings (SSSR count). The molecule has 0 fully saturated rings. The molecule has 3 aromatic heterocycles. The van der Waals surface area contributed by atoms with Crippen molar-refractivity contribution in [2.45, 2.75) is 20.8 Å². The van der Waals surface area contributed by atoms with Gasteiger partial charge in [-0.3, -0.25) is 0 Å². The average molecular weight is 1190 g/mol.